The SMILES string of the molecule is CC(C)(C)OC(=O)N[C@@H]1CCCCC/C=C\[C@@H]2C[C@@]2(C(=O)O)NC(=O)[C@@H]2C[C@H](Oc3nc4ccccc4nc3-c3cccs3)CN2C1=O.CCOC(=O)[C@@]12C[C@H]1/C=C\CCCCC[C@@H](NC(=O)OC(C)(C)C)C(=O)N1C[C@H](Oc3nc4ccccc4nc3-c3cccs3)C[C@H]1C(=O)N2.O.[Li+].[OH-]. The van der Waals surface area contributed by atoms with Crippen molar-refractivity contribution in [2.45, 2.75) is 197 Å². The number of carbonyl (C=O) groups excluding carboxylic acids is 7. The average Bonchev–Trinajstić information content (AvgIpc) is 1.59. The van der Waals surface area contributed by atoms with Gasteiger partial charge in [-0.25, -0.2) is 39.1 Å². The van der Waals surface area contributed by atoms with Gasteiger partial charge >= 0.3 is 43.0 Å². The van der Waals surface area contributed by atoms with Crippen molar-refractivity contribution in [2.24, 2.45) is 11.8 Å². The van der Waals surface area contributed by atoms with Gasteiger partial charge in [-0.15, -0.1) is 22.7 Å². The predicted molar refractivity (Wildman–Crippen MR) is 373 cm³/mol. The largest absolute Gasteiger partial charge is 1.00 e. The average molecular weight is 1420 g/mol. The van der Waals surface area contributed by atoms with E-state index in [0.717, 1.165) is 48.3 Å². The van der Waals surface area contributed by atoms with Gasteiger partial charge < -0.3 is 70.8 Å². The number of para-hydroxylation sites is 4. The van der Waals surface area contributed by atoms with Crippen LogP contribution in [0.3, 0.4) is 0 Å². The van der Waals surface area contributed by atoms with Gasteiger partial charge in [0.2, 0.25) is 35.4 Å². The zero-order chi connectivity index (χ0) is 69.5. The van der Waals surface area contributed by atoms with Gasteiger partial charge in [-0.3, -0.25) is 19.2 Å². The fourth-order valence-electron chi connectivity index (χ4n) is 13.0. The molecular weight excluding hydrogens is 1330 g/mol. The summed E-state index contributed by atoms with van der Waals surface area (Å²) in [6.45, 7) is 12.5. The molecule has 6 aliphatic rings. The van der Waals surface area contributed by atoms with Crippen molar-refractivity contribution in [1.29, 1.82) is 0 Å². The number of ether oxygens (including phenoxy) is 5. The quantitative estimate of drug-likeness (QED) is 0.0392. The normalized spacial score (nSPS) is 26.0. The third-order valence-corrected chi connectivity index (χ3v) is 19.8. The molecule has 2 saturated heterocycles. The van der Waals surface area contributed by atoms with Gasteiger partial charge in [-0.2, -0.15) is 0 Å². The molecule has 2 aliphatic carbocycles. The number of allylic oxidation sites excluding steroid dienone is 2. The molecule has 2 saturated carbocycles. The van der Waals surface area contributed by atoms with E-state index in [4.69, 9.17) is 43.6 Å². The van der Waals surface area contributed by atoms with Crippen LogP contribution in [0.15, 0.2) is 108 Å². The number of hydrogen-bond acceptors (Lipinski definition) is 20. The van der Waals surface area contributed by atoms with Crippen molar-refractivity contribution >= 4 is 92.5 Å². The number of amides is 6. The third-order valence-electron chi connectivity index (χ3n) is 18.0. The summed E-state index contributed by atoms with van der Waals surface area (Å²) in [5.74, 6) is -3.54. The van der Waals surface area contributed by atoms with E-state index in [1.807, 2.05) is 108 Å². The minimum atomic E-state index is -1.44. The standard InChI is InChI=1S/C37H45N5O7S.C35H41N5O7S.Li.2H2O/c1-5-47-34(45)37-21-23(37)14-9-7-6-8-10-17-27(40-35(46)49-36(2,3)4)33(44)42-22-24(20-28(42)31(43)41-37)48-32-30(29-18-13-19-50-29)38-25-15-11-12-16-26(25)39-32;1-34(2,3)47-33(45)38-25-15-8-6-4-5-7-12-21-19-35(21,32(43)44)39-29(41)26-18-22(20-40(26)31(25)42)46-30-28(27-16-11-17-48-27)36-23-13-9-10-14-24(23)37-30;;;/h9,11-16,18-19,23-24,27-28H,5-8,10,17,20-22H2,1-4H3,(H,40,46)(H,41,43);7,9-14,16-17,21-22,25-26H,4-6,8,15,18-20H2,1-3H3,(H,38,45)(H,39,41)(H,43,44);;2*1H2/q;;+1;;/p-1/b14-9-;12-7-;;;/t23-,24-,27-,28+,37-;21-,22+,25-,26+,35-;;;/m11.../s1. The molecule has 4 aromatic heterocycles. The number of alkyl carbamates (subject to hydrolysis) is 2. The van der Waals surface area contributed by atoms with Gasteiger partial charge in [-0.05, 0) is 147 Å². The zero-order valence-corrected chi connectivity index (χ0v) is 59.9. The van der Waals surface area contributed by atoms with Gasteiger partial charge in [0.25, 0.3) is 0 Å². The van der Waals surface area contributed by atoms with E-state index in [2.05, 4.69) is 21.3 Å². The summed E-state index contributed by atoms with van der Waals surface area (Å²) in [7, 11) is 0. The van der Waals surface area contributed by atoms with Crippen molar-refractivity contribution in [3.05, 3.63) is 108 Å². The van der Waals surface area contributed by atoms with Crippen LogP contribution in [-0.2, 0) is 43.0 Å². The van der Waals surface area contributed by atoms with Gasteiger partial charge in [0.15, 0.2) is 0 Å². The second kappa shape index (κ2) is 33.5. The van der Waals surface area contributed by atoms with Gasteiger partial charge in [0, 0.05) is 24.7 Å². The number of carboxylic acid groups (broad SMARTS) is 1. The molecule has 26 nitrogen and oxygen atoms in total. The fraction of sp³-hybridized carbons (Fsp3) is 0.500. The molecule has 4 fully saturated rings. The number of thiophene rings is 2. The minimum absolute atomic E-state index is 0. The first-order valence-corrected chi connectivity index (χ1v) is 35.6. The van der Waals surface area contributed by atoms with Crippen LogP contribution >= 0.6 is 22.7 Å². The maximum absolute atomic E-state index is 14.4. The van der Waals surface area contributed by atoms with E-state index >= 15 is 0 Å². The van der Waals surface area contributed by atoms with E-state index in [-0.39, 0.29) is 86.5 Å². The van der Waals surface area contributed by atoms with Crippen molar-refractivity contribution < 1.29 is 97.0 Å². The van der Waals surface area contributed by atoms with Crippen molar-refractivity contribution in [3.63, 3.8) is 0 Å². The molecule has 6 aromatic rings. The summed E-state index contributed by atoms with van der Waals surface area (Å²) < 4.78 is 29.4. The Kier molecular flexibility index (Phi) is 25.9. The summed E-state index contributed by atoms with van der Waals surface area (Å²) in [6.07, 6.45) is 12.9. The summed E-state index contributed by atoms with van der Waals surface area (Å²) in [4.78, 5) is 132. The molecule has 0 spiro atoms. The number of aromatic nitrogens is 4. The number of carboxylic acids is 1. The third kappa shape index (κ3) is 19.0. The molecule has 0 unspecified atom stereocenters. The molecule has 10 atom stereocenters. The molecule has 536 valence electrons. The summed E-state index contributed by atoms with van der Waals surface area (Å²) in [5, 5.41) is 25.3. The molecule has 8 N–H and O–H groups in total. The number of carbonyl (C=O) groups is 8. The molecule has 2 aromatic carbocycles. The van der Waals surface area contributed by atoms with Gasteiger partial charge in [0.1, 0.15) is 70.0 Å². The van der Waals surface area contributed by atoms with Crippen LogP contribution in [0.4, 0.5) is 9.59 Å². The Morgan fingerprint density at radius 2 is 1.00 bits per heavy atom. The van der Waals surface area contributed by atoms with Crippen LogP contribution in [0.1, 0.15) is 138 Å². The number of benzene rings is 2. The van der Waals surface area contributed by atoms with Crippen molar-refractivity contribution in [1.82, 2.24) is 51.0 Å². The van der Waals surface area contributed by atoms with Gasteiger partial charge in [0.05, 0.1) is 51.5 Å². The summed E-state index contributed by atoms with van der Waals surface area (Å²) >= 11 is 2.99. The molecule has 12 rings (SSSR count). The van der Waals surface area contributed by atoms with E-state index in [1.165, 1.54) is 32.5 Å². The molecule has 101 heavy (non-hydrogen) atoms. The number of nitrogens with one attached hydrogen (secondary N) is 4. The Labute approximate surface area is 606 Å². The van der Waals surface area contributed by atoms with E-state index in [0.29, 0.717) is 71.4 Å². The monoisotopic (exact) mass is 1420 g/mol. The summed E-state index contributed by atoms with van der Waals surface area (Å²) in [5.41, 5.74) is -0.382. The molecular formula is C72H89LiN10O16S2. The van der Waals surface area contributed by atoms with E-state index in [9.17, 15) is 43.5 Å². The number of hydrogen-bond donors (Lipinski definition) is 5. The minimum Gasteiger partial charge on any atom is -0.870 e. The van der Waals surface area contributed by atoms with Crippen LogP contribution in [0.5, 0.6) is 11.8 Å². The van der Waals surface area contributed by atoms with Crippen LogP contribution in [-0.4, -0.2) is 172 Å². The van der Waals surface area contributed by atoms with Crippen LogP contribution in [0.25, 0.3) is 43.2 Å². The maximum Gasteiger partial charge on any atom is 1.00 e. The second-order valence-corrected chi connectivity index (χ2v) is 29.6. The number of aliphatic carboxylic acids is 1. The van der Waals surface area contributed by atoms with E-state index in [1.54, 1.807) is 48.5 Å². The first-order valence-electron chi connectivity index (χ1n) is 33.8. The Hall–Kier alpha value is -8.52. The molecule has 8 heterocycles. The number of esters is 1. The molecule has 0 radical (unpaired) electrons. The summed E-state index contributed by atoms with van der Waals surface area (Å²) in [6, 6.07) is 18.7. The van der Waals surface area contributed by atoms with E-state index < -0.39 is 106 Å². The van der Waals surface area contributed by atoms with Crippen LogP contribution < -0.4 is 49.6 Å². The van der Waals surface area contributed by atoms with Crippen LogP contribution in [0, 0.1) is 11.8 Å². The van der Waals surface area contributed by atoms with Crippen LogP contribution in [0.2, 0.25) is 0 Å². The smallest absolute Gasteiger partial charge is 0.870 e. The predicted octanol–water partition coefficient (Wildman–Crippen LogP) is 6.64. The maximum atomic E-state index is 14.4. The fourth-order valence-corrected chi connectivity index (χ4v) is 14.4. The Bertz CT molecular complexity index is 4000. The number of fused-ring (bicyclic) bond motifs is 6. The Morgan fingerprint density at radius 1 is 0.594 bits per heavy atom. The zero-order valence-electron chi connectivity index (χ0n) is 58.2. The Morgan fingerprint density at radius 3 is 1.40 bits per heavy atom. The first kappa shape index (κ1) is 78.2. The molecule has 29 heteroatoms. The van der Waals surface area contributed by atoms with Crippen molar-refractivity contribution in [2.75, 3.05) is 19.7 Å². The number of nitrogens with zero attached hydrogens (tertiary/aromatic N) is 6. The topological polar surface area (TPSA) is 371 Å². The molecule has 0 bridgehead atoms. The first-order chi connectivity index (χ1) is 46.9. The van der Waals surface area contributed by atoms with Gasteiger partial charge in [-0.1, -0.05) is 86.4 Å². The second-order valence-electron chi connectivity index (χ2n) is 27.7. The van der Waals surface area contributed by atoms with Crippen molar-refractivity contribution in [3.8, 4) is 32.9 Å². The Balaban J connectivity index is 0.000000249. The molecule has 4 aliphatic heterocycles. The number of rotatable bonds is 11. The molecule has 6 amide bonds.